The standard InChI is InChI=1S/C16H22N2O4S/c1-15(2)12-3-5-16(15,14(19)7-12)10-23(20,21)18-6-4-13-11(9-18)8-17-22-13/h8,12H,3-7,9-10H2,1-2H3/t12-,16+/m0/s1. The largest absolute Gasteiger partial charge is 0.361 e. The third kappa shape index (κ3) is 1.99. The highest BCUT2D eigenvalue weighted by Crippen LogP contribution is 2.64. The van der Waals surface area contributed by atoms with Crippen molar-refractivity contribution in [2.45, 2.75) is 46.1 Å². The highest BCUT2D eigenvalue weighted by Gasteiger charge is 2.65. The van der Waals surface area contributed by atoms with Gasteiger partial charge < -0.3 is 4.52 Å². The third-order valence-corrected chi connectivity index (χ3v) is 8.58. The molecule has 2 saturated carbocycles. The first-order valence-corrected chi connectivity index (χ1v) is 9.81. The summed E-state index contributed by atoms with van der Waals surface area (Å²) in [5.74, 6) is 1.19. The zero-order valence-corrected chi connectivity index (χ0v) is 14.4. The molecule has 2 bridgehead atoms. The fraction of sp³-hybridized carbons (Fsp3) is 0.750. The Bertz CT molecular complexity index is 767. The van der Waals surface area contributed by atoms with Gasteiger partial charge in [-0.2, -0.15) is 4.31 Å². The number of sulfonamides is 1. The summed E-state index contributed by atoms with van der Waals surface area (Å²) in [6, 6.07) is 0. The SMILES string of the molecule is CC1(C)[C@H]2CC[C@@]1(CS(=O)(=O)N1CCc3oncc3C1)C(=O)C2. The number of nitrogens with zero attached hydrogens (tertiary/aromatic N) is 2. The summed E-state index contributed by atoms with van der Waals surface area (Å²) in [6.07, 6.45) is 4.34. The molecule has 3 aliphatic rings. The van der Waals surface area contributed by atoms with Crippen LogP contribution in [-0.2, 0) is 27.8 Å². The summed E-state index contributed by atoms with van der Waals surface area (Å²) in [5, 5.41) is 3.74. The first-order valence-electron chi connectivity index (χ1n) is 8.20. The normalized spacial score (nSPS) is 33.1. The van der Waals surface area contributed by atoms with Crippen molar-refractivity contribution in [3.05, 3.63) is 17.5 Å². The summed E-state index contributed by atoms with van der Waals surface area (Å²) in [7, 11) is -3.49. The highest BCUT2D eigenvalue weighted by molar-refractivity contribution is 7.89. The molecule has 0 spiro atoms. The molecule has 2 fully saturated rings. The average Bonchev–Trinajstić information content (AvgIpc) is 3.08. The van der Waals surface area contributed by atoms with Crippen LogP contribution in [0, 0.1) is 16.7 Å². The molecule has 0 N–H and O–H groups in total. The number of carbonyl (C=O) groups is 1. The van der Waals surface area contributed by atoms with Gasteiger partial charge in [0, 0.05) is 36.9 Å². The van der Waals surface area contributed by atoms with Gasteiger partial charge in [-0.25, -0.2) is 8.42 Å². The van der Waals surface area contributed by atoms with E-state index in [4.69, 9.17) is 4.52 Å². The maximum Gasteiger partial charge on any atom is 0.215 e. The van der Waals surface area contributed by atoms with Gasteiger partial charge in [-0.1, -0.05) is 19.0 Å². The van der Waals surface area contributed by atoms with Crippen LogP contribution in [0.2, 0.25) is 0 Å². The number of rotatable bonds is 3. The third-order valence-electron chi connectivity index (χ3n) is 6.63. The Morgan fingerprint density at radius 2 is 2.22 bits per heavy atom. The van der Waals surface area contributed by atoms with Gasteiger partial charge in [0.1, 0.15) is 11.5 Å². The van der Waals surface area contributed by atoms with E-state index in [1.165, 1.54) is 4.31 Å². The molecule has 0 saturated heterocycles. The first kappa shape index (κ1) is 15.3. The first-order chi connectivity index (χ1) is 10.8. The van der Waals surface area contributed by atoms with Crippen molar-refractivity contribution >= 4 is 15.8 Å². The number of aromatic nitrogens is 1. The summed E-state index contributed by atoms with van der Waals surface area (Å²) in [6.45, 7) is 4.84. The molecule has 4 rings (SSSR count). The topological polar surface area (TPSA) is 80.5 Å². The van der Waals surface area contributed by atoms with Gasteiger partial charge >= 0.3 is 0 Å². The van der Waals surface area contributed by atoms with Crippen molar-refractivity contribution in [3.63, 3.8) is 0 Å². The van der Waals surface area contributed by atoms with E-state index in [9.17, 15) is 13.2 Å². The molecule has 23 heavy (non-hydrogen) atoms. The van der Waals surface area contributed by atoms with Crippen molar-refractivity contribution in [2.75, 3.05) is 12.3 Å². The molecule has 2 heterocycles. The Kier molecular flexibility index (Phi) is 3.11. The van der Waals surface area contributed by atoms with E-state index < -0.39 is 15.4 Å². The molecule has 7 heteroatoms. The number of hydrogen-bond acceptors (Lipinski definition) is 5. The van der Waals surface area contributed by atoms with E-state index in [1.54, 1.807) is 6.20 Å². The van der Waals surface area contributed by atoms with Crippen LogP contribution in [0.4, 0.5) is 0 Å². The average molecular weight is 338 g/mol. The molecule has 0 aromatic carbocycles. The van der Waals surface area contributed by atoms with Gasteiger partial charge in [-0.15, -0.1) is 0 Å². The Morgan fingerprint density at radius 3 is 2.87 bits per heavy atom. The molecule has 6 nitrogen and oxygen atoms in total. The molecule has 1 aliphatic heterocycles. The molecular formula is C16H22N2O4S. The fourth-order valence-corrected chi connectivity index (χ4v) is 7.05. The minimum atomic E-state index is -3.49. The van der Waals surface area contributed by atoms with Gasteiger partial charge in [0.25, 0.3) is 0 Å². The van der Waals surface area contributed by atoms with Crippen molar-refractivity contribution in [2.24, 2.45) is 16.7 Å². The predicted octanol–water partition coefficient (Wildman–Crippen LogP) is 1.76. The van der Waals surface area contributed by atoms with Crippen LogP contribution in [0.15, 0.2) is 10.7 Å². The Morgan fingerprint density at radius 1 is 1.43 bits per heavy atom. The molecule has 0 radical (unpaired) electrons. The van der Waals surface area contributed by atoms with Crippen LogP contribution in [0.25, 0.3) is 0 Å². The summed E-state index contributed by atoms with van der Waals surface area (Å²) >= 11 is 0. The van der Waals surface area contributed by atoms with Gasteiger partial charge in [0.05, 0.1) is 11.9 Å². The lowest BCUT2D eigenvalue weighted by Crippen LogP contribution is -2.47. The molecule has 0 amide bonds. The van der Waals surface area contributed by atoms with Crippen LogP contribution in [0.5, 0.6) is 0 Å². The van der Waals surface area contributed by atoms with E-state index >= 15 is 0 Å². The second-order valence-corrected chi connectivity index (χ2v) is 9.75. The highest BCUT2D eigenvalue weighted by atomic mass is 32.2. The van der Waals surface area contributed by atoms with E-state index in [-0.39, 0.29) is 17.0 Å². The monoisotopic (exact) mass is 338 g/mol. The van der Waals surface area contributed by atoms with E-state index in [1.807, 2.05) is 0 Å². The smallest absolute Gasteiger partial charge is 0.215 e. The van der Waals surface area contributed by atoms with E-state index in [0.717, 1.165) is 17.7 Å². The number of Topliss-reactive ketones (excluding diaryl/α,β-unsaturated/α-hetero) is 1. The van der Waals surface area contributed by atoms with E-state index in [0.29, 0.717) is 38.3 Å². The Balaban J connectivity index is 1.62. The summed E-state index contributed by atoms with van der Waals surface area (Å²) in [5.41, 5.74) is -0.0978. The molecule has 2 atom stereocenters. The Hall–Kier alpha value is -1.21. The molecule has 0 unspecified atom stereocenters. The molecule has 1 aromatic heterocycles. The fourth-order valence-electron chi connectivity index (χ4n) is 4.86. The zero-order valence-electron chi connectivity index (χ0n) is 13.5. The van der Waals surface area contributed by atoms with Crippen molar-refractivity contribution in [1.82, 2.24) is 9.46 Å². The molecular weight excluding hydrogens is 316 g/mol. The summed E-state index contributed by atoms with van der Waals surface area (Å²) in [4.78, 5) is 12.6. The second kappa shape index (κ2) is 4.66. The number of fused-ring (bicyclic) bond motifs is 3. The molecule has 126 valence electrons. The number of hydrogen-bond donors (Lipinski definition) is 0. The van der Waals surface area contributed by atoms with Crippen LogP contribution in [0.3, 0.4) is 0 Å². The maximum absolute atomic E-state index is 13.0. The predicted molar refractivity (Wildman–Crippen MR) is 83.0 cm³/mol. The van der Waals surface area contributed by atoms with Crippen molar-refractivity contribution < 1.29 is 17.7 Å². The number of carbonyl (C=O) groups excluding carboxylic acids is 1. The van der Waals surface area contributed by atoms with Gasteiger partial charge in [-0.3, -0.25) is 4.79 Å². The van der Waals surface area contributed by atoms with Crippen LogP contribution >= 0.6 is 0 Å². The lowest BCUT2D eigenvalue weighted by molar-refractivity contribution is -0.128. The van der Waals surface area contributed by atoms with Crippen LogP contribution in [0.1, 0.15) is 44.4 Å². The lowest BCUT2D eigenvalue weighted by atomic mass is 9.70. The van der Waals surface area contributed by atoms with Gasteiger partial charge in [0.15, 0.2) is 0 Å². The zero-order chi connectivity index (χ0) is 16.5. The minimum Gasteiger partial charge on any atom is -0.361 e. The van der Waals surface area contributed by atoms with Gasteiger partial charge in [-0.05, 0) is 24.2 Å². The Labute approximate surface area is 136 Å². The second-order valence-electron chi connectivity index (χ2n) is 7.78. The number of ketones is 1. The van der Waals surface area contributed by atoms with Gasteiger partial charge in [0.2, 0.25) is 10.0 Å². The molecule has 2 aliphatic carbocycles. The van der Waals surface area contributed by atoms with Crippen LogP contribution in [-0.4, -0.2) is 36.0 Å². The quantitative estimate of drug-likeness (QED) is 0.839. The summed E-state index contributed by atoms with van der Waals surface area (Å²) < 4.78 is 32.6. The minimum absolute atomic E-state index is 0.0526. The van der Waals surface area contributed by atoms with Crippen LogP contribution < -0.4 is 0 Å². The lowest BCUT2D eigenvalue weighted by Gasteiger charge is -2.38. The van der Waals surface area contributed by atoms with Crippen molar-refractivity contribution in [3.8, 4) is 0 Å². The molecule has 1 aromatic rings. The maximum atomic E-state index is 13.0. The van der Waals surface area contributed by atoms with E-state index in [2.05, 4.69) is 19.0 Å². The van der Waals surface area contributed by atoms with Crippen molar-refractivity contribution in [1.29, 1.82) is 0 Å².